The van der Waals surface area contributed by atoms with Crippen molar-refractivity contribution in [2.75, 3.05) is 26.7 Å². The number of rotatable bonds is 3. The lowest BCUT2D eigenvalue weighted by molar-refractivity contribution is -0.908. The van der Waals surface area contributed by atoms with Crippen molar-refractivity contribution in [3.63, 3.8) is 0 Å². The van der Waals surface area contributed by atoms with Crippen molar-refractivity contribution in [1.82, 2.24) is 9.88 Å². The highest BCUT2D eigenvalue weighted by Crippen LogP contribution is 2.30. The molecule has 2 aliphatic heterocycles. The van der Waals surface area contributed by atoms with Crippen molar-refractivity contribution < 1.29 is 14.4 Å². The van der Waals surface area contributed by atoms with Crippen LogP contribution in [0.4, 0.5) is 0 Å². The van der Waals surface area contributed by atoms with E-state index in [4.69, 9.17) is 4.74 Å². The second kappa shape index (κ2) is 6.99. The molecule has 0 fully saturated rings. The van der Waals surface area contributed by atoms with Crippen LogP contribution < -0.4 is 9.64 Å². The third-order valence-corrected chi connectivity index (χ3v) is 6.24. The van der Waals surface area contributed by atoms with Crippen molar-refractivity contribution in [3.8, 4) is 5.75 Å². The van der Waals surface area contributed by atoms with E-state index in [1.165, 1.54) is 32.7 Å². The Morgan fingerprint density at radius 2 is 2.04 bits per heavy atom. The Morgan fingerprint density at radius 3 is 2.89 bits per heavy atom. The first-order valence-corrected chi connectivity index (χ1v) is 10.1. The minimum Gasteiger partial charge on any atom is -0.497 e. The summed E-state index contributed by atoms with van der Waals surface area (Å²) in [7, 11) is 1.69. The number of hydrogen-bond donors (Lipinski definition) is 2. The minimum absolute atomic E-state index is 0.261. The number of hydrogen-bond acceptors (Lipinski definition) is 2. The standard InChI is InChI=1S/C23H25N3O2/c1-28-18-6-7-21-19(12-18)20-14-26(11-9-22(20)24-21)23(27)15-25-10-8-16-4-2-3-5-17(16)13-25/h2-7,12,24H,8-11,13-15H2,1H3/p+1. The Morgan fingerprint density at radius 1 is 1.18 bits per heavy atom. The molecule has 2 aliphatic rings. The summed E-state index contributed by atoms with van der Waals surface area (Å²) in [5, 5.41) is 1.17. The largest absolute Gasteiger partial charge is 0.497 e. The van der Waals surface area contributed by atoms with Gasteiger partial charge in [-0.2, -0.15) is 0 Å². The van der Waals surface area contributed by atoms with Gasteiger partial charge in [0.15, 0.2) is 6.54 Å². The third-order valence-electron chi connectivity index (χ3n) is 6.24. The molecule has 0 saturated carbocycles. The fourth-order valence-corrected chi connectivity index (χ4v) is 4.65. The molecule has 28 heavy (non-hydrogen) atoms. The Hall–Kier alpha value is -2.79. The van der Waals surface area contributed by atoms with E-state index in [1.807, 2.05) is 11.0 Å². The molecule has 144 valence electrons. The quantitative estimate of drug-likeness (QED) is 0.731. The molecule has 2 N–H and O–H groups in total. The van der Waals surface area contributed by atoms with Gasteiger partial charge in [0, 0.05) is 53.7 Å². The molecule has 5 heteroatoms. The monoisotopic (exact) mass is 376 g/mol. The lowest BCUT2D eigenvalue weighted by Crippen LogP contribution is -3.12. The average Bonchev–Trinajstić information content (AvgIpc) is 3.10. The molecule has 5 nitrogen and oxygen atoms in total. The lowest BCUT2D eigenvalue weighted by Gasteiger charge is -2.30. The number of benzene rings is 2. The van der Waals surface area contributed by atoms with Gasteiger partial charge in [-0.25, -0.2) is 0 Å². The summed E-state index contributed by atoms with van der Waals surface area (Å²) in [6, 6.07) is 14.7. The molecule has 3 heterocycles. The van der Waals surface area contributed by atoms with Gasteiger partial charge in [0.05, 0.1) is 13.7 Å². The molecule has 0 aliphatic carbocycles. The summed E-state index contributed by atoms with van der Waals surface area (Å²) in [6.07, 6.45) is 1.95. The van der Waals surface area contributed by atoms with Crippen molar-refractivity contribution in [2.24, 2.45) is 0 Å². The number of H-pyrrole nitrogens is 1. The van der Waals surface area contributed by atoms with Gasteiger partial charge < -0.3 is 19.5 Å². The SMILES string of the molecule is COc1ccc2[nH]c3c(c2c1)CN(C(=O)C[NH+]1CCc2ccccc2C1)CC3. The molecular formula is C23H26N3O2+. The zero-order chi connectivity index (χ0) is 19.1. The Bertz CT molecular complexity index is 1040. The van der Waals surface area contributed by atoms with Crippen molar-refractivity contribution in [2.45, 2.75) is 25.9 Å². The second-order valence-electron chi connectivity index (χ2n) is 7.93. The zero-order valence-corrected chi connectivity index (χ0v) is 16.3. The third kappa shape index (κ3) is 3.06. The number of methoxy groups -OCH3 is 1. The normalized spacial score (nSPS) is 18.6. The van der Waals surface area contributed by atoms with Crippen LogP contribution in [-0.4, -0.2) is 42.5 Å². The summed E-state index contributed by atoms with van der Waals surface area (Å²) >= 11 is 0. The average molecular weight is 376 g/mol. The summed E-state index contributed by atoms with van der Waals surface area (Å²) in [5.41, 5.74) is 6.45. The second-order valence-corrected chi connectivity index (χ2v) is 7.93. The highest BCUT2D eigenvalue weighted by Gasteiger charge is 2.28. The summed E-state index contributed by atoms with van der Waals surface area (Å²) in [4.78, 5) is 20.0. The maximum atomic E-state index is 13.0. The molecule has 3 aromatic rings. The smallest absolute Gasteiger partial charge is 0.278 e. The summed E-state index contributed by atoms with van der Waals surface area (Å²) < 4.78 is 5.39. The molecule has 0 bridgehead atoms. The van der Waals surface area contributed by atoms with Crippen molar-refractivity contribution in [3.05, 3.63) is 64.8 Å². The Balaban J connectivity index is 1.31. The number of amides is 1. The van der Waals surface area contributed by atoms with Gasteiger partial charge >= 0.3 is 0 Å². The minimum atomic E-state index is 0.261. The van der Waals surface area contributed by atoms with Crippen LogP contribution in [0.1, 0.15) is 22.4 Å². The highest BCUT2D eigenvalue weighted by atomic mass is 16.5. The van der Waals surface area contributed by atoms with Gasteiger partial charge in [-0.1, -0.05) is 24.3 Å². The van der Waals surface area contributed by atoms with Crippen LogP contribution in [0.3, 0.4) is 0 Å². The first kappa shape index (κ1) is 17.3. The molecular weight excluding hydrogens is 350 g/mol. The van der Waals surface area contributed by atoms with Crippen LogP contribution in [0.15, 0.2) is 42.5 Å². The first-order chi connectivity index (χ1) is 13.7. The van der Waals surface area contributed by atoms with E-state index in [2.05, 4.69) is 41.4 Å². The number of nitrogens with zero attached hydrogens (tertiary/aromatic N) is 1. The van der Waals surface area contributed by atoms with E-state index in [-0.39, 0.29) is 5.91 Å². The predicted octanol–water partition coefficient (Wildman–Crippen LogP) is 1.70. The number of aromatic nitrogens is 1. The molecule has 0 radical (unpaired) electrons. The van der Waals surface area contributed by atoms with Gasteiger partial charge in [0.2, 0.25) is 0 Å². The van der Waals surface area contributed by atoms with Gasteiger partial charge in [-0.15, -0.1) is 0 Å². The van der Waals surface area contributed by atoms with Crippen LogP contribution in [0.25, 0.3) is 10.9 Å². The Kier molecular flexibility index (Phi) is 4.32. The molecule has 1 atom stereocenters. The summed E-state index contributed by atoms with van der Waals surface area (Å²) in [6.45, 7) is 4.04. The van der Waals surface area contributed by atoms with Crippen LogP contribution in [0.5, 0.6) is 5.75 Å². The zero-order valence-electron chi connectivity index (χ0n) is 16.3. The number of carbonyl (C=O) groups is 1. The molecule has 1 aromatic heterocycles. The van der Waals surface area contributed by atoms with Gasteiger partial charge in [-0.05, 0) is 23.8 Å². The number of carbonyl (C=O) groups excluding carboxylic acids is 1. The van der Waals surface area contributed by atoms with E-state index < -0.39 is 0 Å². The molecule has 0 saturated heterocycles. The molecule has 0 spiro atoms. The van der Waals surface area contributed by atoms with Gasteiger partial charge in [-0.3, -0.25) is 4.79 Å². The van der Waals surface area contributed by atoms with E-state index in [0.717, 1.165) is 43.7 Å². The number of nitrogens with one attached hydrogen (secondary N) is 2. The van der Waals surface area contributed by atoms with E-state index in [1.54, 1.807) is 7.11 Å². The molecule has 5 rings (SSSR count). The van der Waals surface area contributed by atoms with E-state index in [0.29, 0.717) is 13.1 Å². The number of quaternary nitrogens is 1. The number of aromatic amines is 1. The van der Waals surface area contributed by atoms with Gasteiger partial charge in [0.25, 0.3) is 5.91 Å². The highest BCUT2D eigenvalue weighted by molar-refractivity contribution is 5.87. The lowest BCUT2D eigenvalue weighted by atomic mass is 10.00. The Labute approximate surface area is 164 Å². The maximum absolute atomic E-state index is 13.0. The van der Waals surface area contributed by atoms with Gasteiger partial charge in [0.1, 0.15) is 12.3 Å². The summed E-state index contributed by atoms with van der Waals surface area (Å²) in [5.74, 6) is 1.12. The molecule has 1 unspecified atom stereocenters. The van der Waals surface area contributed by atoms with Crippen LogP contribution in [0.2, 0.25) is 0 Å². The molecule has 2 aromatic carbocycles. The number of ether oxygens (including phenoxy) is 1. The fourth-order valence-electron chi connectivity index (χ4n) is 4.65. The van der Waals surface area contributed by atoms with E-state index >= 15 is 0 Å². The number of fused-ring (bicyclic) bond motifs is 4. The fraction of sp³-hybridized carbons (Fsp3) is 0.348. The van der Waals surface area contributed by atoms with Crippen LogP contribution in [0, 0.1) is 0 Å². The van der Waals surface area contributed by atoms with Crippen LogP contribution in [-0.2, 0) is 30.7 Å². The van der Waals surface area contributed by atoms with E-state index in [9.17, 15) is 4.79 Å². The topological polar surface area (TPSA) is 49.8 Å². The first-order valence-electron chi connectivity index (χ1n) is 10.1. The van der Waals surface area contributed by atoms with Crippen molar-refractivity contribution >= 4 is 16.8 Å². The van der Waals surface area contributed by atoms with Crippen molar-refractivity contribution in [1.29, 1.82) is 0 Å². The predicted molar refractivity (Wildman–Crippen MR) is 109 cm³/mol. The van der Waals surface area contributed by atoms with Crippen LogP contribution >= 0.6 is 0 Å². The molecule has 1 amide bonds. The maximum Gasteiger partial charge on any atom is 0.278 e.